The van der Waals surface area contributed by atoms with Crippen molar-refractivity contribution in [3.05, 3.63) is 29.6 Å². The first kappa shape index (κ1) is 10.1. The third-order valence-electron chi connectivity index (χ3n) is 3.43. The maximum Gasteiger partial charge on any atom is 0.0529 e. The van der Waals surface area contributed by atoms with E-state index in [2.05, 4.69) is 35.0 Å². The van der Waals surface area contributed by atoms with Gasteiger partial charge >= 0.3 is 0 Å². The Balaban J connectivity index is 1.79. The summed E-state index contributed by atoms with van der Waals surface area (Å²) in [6.07, 6.45) is 2.30. The molecule has 2 aromatic rings. The summed E-state index contributed by atoms with van der Waals surface area (Å²) in [5.74, 6) is 0. The Morgan fingerprint density at radius 3 is 2.88 bits per heavy atom. The van der Waals surface area contributed by atoms with Crippen molar-refractivity contribution in [2.24, 2.45) is 5.41 Å². The van der Waals surface area contributed by atoms with Gasteiger partial charge in [0.15, 0.2) is 0 Å². The standard InChI is InChI=1S/C13H15NOS/c15-9-13(5-6-13)8-14-11-7-16-12-4-2-1-3-10(11)12/h1-4,7,14-15H,5-6,8-9H2. The second-order valence-corrected chi connectivity index (χ2v) is 5.57. The molecule has 1 saturated carbocycles. The number of rotatable bonds is 4. The van der Waals surface area contributed by atoms with Gasteiger partial charge in [-0.3, -0.25) is 0 Å². The molecule has 2 nitrogen and oxygen atoms in total. The molecular formula is C13H15NOS. The number of thiophene rings is 1. The van der Waals surface area contributed by atoms with Gasteiger partial charge in [-0.2, -0.15) is 0 Å². The summed E-state index contributed by atoms with van der Waals surface area (Å²) in [6.45, 7) is 1.20. The quantitative estimate of drug-likeness (QED) is 0.850. The fraction of sp³-hybridized carbons (Fsp3) is 0.385. The minimum absolute atomic E-state index is 0.170. The van der Waals surface area contributed by atoms with Crippen LogP contribution in [-0.2, 0) is 0 Å². The first-order chi connectivity index (χ1) is 7.83. The fourth-order valence-electron chi connectivity index (χ4n) is 1.96. The highest BCUT2D eigenvalue weighted by molar-refractivity contribution is 7.17. The number of aliphatic hydroxyl groups excluding tert-OH is 1. The van der Waals surface area contributed by atoms with Gasteiger partial charge < -0.3 is 10.4 Å². The largest absolute Gasteiger partial charge is 0.396 e. The van der Waals surface area contributed by atoms with Crippen LogP contribution in [-0.4, -0.2) is 18.3 Å². The van der Waals surface area contributed by atoms with E-state index >= 15 is 0 Å². The fourth-order valence-corrected chi connectivity index (χ4v) is 2.88. The predicted molar refractivity (Wildman–Crippen MR) is 69.1 cm³/mol. The van der Waals surface area contributed by atoms with Crippen molar-refractivity contribution in [2.75, 3.05) is 18.5 Å². The molecule has 0 radical (unpaired) electrons. The minimum atomic E-state index is 0.170. The average Bonchev–Trinajstić information content (AvgIpc) is 3.01. The first-order valence-electron chi connectivity index (χ1n) is 5.64. The average molecular weight is 233 g/mol. The van der Waals surface area contributed by atoms with Gasteiger partial charge in [-0.05, 0) is 18.9 Å². The van der Waals surface area contributed by atoms with E-state index in [4.69, 9.17) is 0 Å². The highest BCUT2D eigenvalue weighted by atomic mass is 32.1. The molecule has 0 aliphatic heterocycles. The Labute approximate surface area is 98.9 Å². The Kier molecular flexibility index (Phi) is 2.37. The monoisotopic (exact) mass is 233 g/mol. The molecule has 1 aliphatic carbocycles. The molecule has 0 spiro atoms. The van der Waals surface area contributed by atoms with Crippen LogP contribution >= 0.6 is 11.3 Å². The Bertz CT molecular complexity index is 501. The van der Waals surface area contributed by atoms with E-state index < -0.39 is 0 Å². The lowest BCUT2D eigenvalue weighted by molar-refractivity contribution is 0.220. The number of aliphatic hydroxyl groups is 1. The van der Waals surface area contributed by atoms with Crippen molar-refractivity contribution in [3.63, 3.8) is 0 Å². The van der Waals surface area contributed by atoms with Crippen LogP contribution in [0.4, 0.5) is 5.69 Å². The zero-order valence-electron chi connectivity index (χ0n) is 9.07. The van der Waals surface area contributed by atoms with Crippen molar-refractivity contribution in [2.45, 2.75) is 12.8 Å². The molecule has 0 bridgehead atoms. The van der Waals surface area contributed by atoms with Crippen LogP contribution in [0.5, 0.6) is 0 Å². The molecule has 3 heteroatoms. The molecule has 1 fully saturated rings. The summed E-state index contributed by atoms with van der Waals surface area (Å²) in [5.41, 5.74) is 1.38. The van der Waals surface area contributed by atoms with Gasteiger partial charge in [0.25, 0.3) is 0 Å². The van der Waals surface area contributed by atoms with E-state index in [0.717, 1.165) is 19.4 Å². The Morgan fingerprint density at radius 2 is 2.12 bits per heavy atom. The smallest absolute Gasteiger partial charge is 0.0529 e. The van der Waals surface area contributed by atoms with Gasteiger partial charge in [0.2, 0.25) is 0 Å². The molecule has 16 heavy (non-hydrogen) atoms. The first-order valence-corrected chi connectivity index (χ1v) is 6.52. The lowest BCUT2D eigenvalue weighted by Gasteiger charge is -2.13. The van der Waals surface area contributed by atoms with E-state index in [1.807, 2.05) is 0 Å². The molecule has 1 heterocycles. The van der Waals surface area contributed by atoms with Gasteiger partial charge in [-0.25, -0.2) is 0 Å². The van der Waals surface area contributed by atoms with Crippen LogP contribution < -0.4 is 5.32 Å². The Hall–Kier alpha value is -1.06. The molecule has 3 rings (SSSR count). The third kappa shape index (κ3) is 1.70. The van der Waals surface area contributed by atoms with E-state index in [0.29, 0.717) is 6.61 Å². The van der Waals surface area contributed by atoms with E-state index in [1.54, 1.807) is 11.3 Å². The molecule has 0 atom stereocenters. The number of nitrogens with one attached hydrogen (secondary N) is 1. The highest BCUT2D eigenvalue weighted by Gasteiger charge is 2.41. The summed E-state index contributed by atoms with van der Waals surface area (Å²) in [5, 5.41) is 16.2. The zero-order valence-corrected chi connectivity index (χ0v) is 9.89. The van der Waals surface area contributed by atoms with Crippen LogP contribution in [0, 0.1) is 5.41 Å². The normalized spacial score (nSPS) is 17.6. The SMILES string of the molecule is OCC1(CNc2csc3ccccc23)CC1. The van der Waals surface area contributed by atoms with Crippen LogP contribution in [0.15, 0.2) is 29.6 Å². The van der Waals surface area contributed by atoms with Crippen molar-refractivity contribution in [1.29, 1.82) is 0 Å². The summed E-state index contributed by atoms with van der Waals surface area (Å²) >= 11 is 1.77. The second-order valence-electron chi connectivity index (χ2n) is 4.66. The third-order valence-corrected chi connectivity index (χ3v) is 4.39. The summed E-state index contributed by atoms with van der Waals surface area (Å²) in [4.78, 5) is 0. The number of benzene rings is 1. The van der Waals surface area contributed by atoms with E-state index in [1.165, 1.54) is 15.8 Å². The van der Waals surface area contributed by atoms with E-state index in [-0.39, 0.29) is 5.41 Å². The number of hydrogen-bond acceptors (Lipinski definition) is 3. The molecule has 1 aliphatic rings. The van der Waals surface area contributed by atoms with Gasteiger partial charge in [-0.1, -0.05) is 18.2 Å². The van der Waals surface area contributed by atoms with Crippen molar-refractivity contribution in [3.8, 4) is 0 Å². The van der Waals surface area contributed by atoms with Crippen LogP contribution in [0.1, 0.15) is 12.8 Å². The summed E-state index contributed by atoms with van der Waals surface area (Å²) in [7, 11) is 0. The number of fused-ring (bicyclic) bond motifs is 1. The maximum atomic E-state index is 9.26. The number of hydrogen-bond donors (Lipinski definition) is 2. The van der Waals surface area contributed by atoms with Gasteiger partial charge in [0.05, 0.1) is 12.3 Å². The summed E-state index contributed by atoms with van der Waals surface area (Å²) in [6, 6.07) is 8.43. The molecular weight excluding hydrogens is 218 g/mol. The lowest BCUT2D eigenvalue weighted by Crippen LogP contribution is -2.18. The molecule has 2 N–H and O–H groups in total. The molecule has 0 amide bonds. The predicted octanol–water partition coefficient (Wildman–Crippen LogP) is 3.09. The van der Waals surface area contributed by atoms with E-state index in [9.17, 15) is 5.11 Å². The van der Waals surface area contributed by atoms with Crippen molar-refractivity contribution < 1.29 is 5.11 Å². The van der Waals surface area contributed by atoms with Gasteiger partial charge in [0, 0.05) is 27.4 Å². The number of anilines is 1. The lowest BCUT2D eigenvalue weighted by atomic mass is 10.1. The second kappa shape index (κ2) is 3.75. The van der Waals surface area contributed by atoms with Crippen LogP contribution in [0.2, 0.25) is 0 Å². The highest BCUT2D eigenvalue weighted by Crippen LogP contribution is 2.45. The van der Waals surface area contributed by atoms with Crippen molar-refractivity contribution >= 4 is 27.1 Å². The topological polar surface area (TPSA) is 32.3 Å². The molecule has 0 unspecified atom stereocenters. The summed E-state index contributed by atoms with van der Waals surface area (Å²) < 4.78 is 1.32. The molecule has 1 aromatic carbocycles. The Morgan fingerprint density at radius 1 is 1.31 bits per heavy atom. The zero-order chi connectivity index (χ0) is 11.0. The minimum Gasteiger partial charge on any atom is -0.396 e. The maximum absolute atomic E-state index is 9.26. The van der Waals surface area contributed by atoms with Crippen LogP contribution in [0.3, 0.4) is 0 Å². The van der Waals surface area contributed by atoms with Gasteiger partial charge in [-0.15, -0.1) is 11.3 Å². The molecule has 84 valence electrons. The van der Waals surface area contributed by atoms with Crippen molar-refractivity contribution in [1.82, 2.24) is 0 Å². The molecule has 0 saturated heterocycles. The van der Waals surface area contributed by atoms with Gasteiger partial charge in [0.1, 0.15) is 0 Å². The molecule has 1 aromatic heterocycles. The van der Waals surface area contributed by atoms with Crippen LogP contribution in [0.25, 0.3) is 10.1 Å².